The van der Waals surface area contributed by atoms with Crippen molar-refractivity contribution in [2.75, 3.05) is 0 Å². The molecule has 31 heavy (non-hydrogen) atoms. The van der Waals surface area contributed by atoms with Crippen molar-refractivity contribution in [1.82, 2.24) is 29.9 Å². The van der Waals surface area contributed by atoms with Crippen molar-refractivity contribution in [3.8, 4) is 17.1 Å². The summed E-state index contributed by atoms with van der Waals surface area (Å²) < 4.78 is 7.61. The van der Waals surface area contributed by atoms with Crippen LogP contribution in [0, 0.1) is 0 Å². The van der Waals surface area contributed by atoms with Crippen molar-refractivity contribution in [3.63, 3.8) is 0 Å². The van der Waals surface area contributed by atoms with Crippen molar-refractivity contribution >= 4 is 11.8 Å². The Bertz CT molecular complexity index is 1140. The molecule has 0 aliphatic carbocycles. The molecule has 1 atom stereocenters. The number of thioether (sulfide) groups is 1. The summed E-state index contributed by atoms with van der Waals surface area (Å²) in [5, 5.41) is 13.9. The lowest BCUT2D eigenvalue weighted by molar-refractivity contribution is 0.374. The lowest BCUT2D eigenvalue weighted by atomic mass is 10.0. The van der Waals surface area contributed by atoms with Gasteiger partial charge in [0.1, 0.15) is 0 Å². The number of pyridine rings is 1. The predicted molar refractivity (Wildman–Crippen MR) is 121 cm³/mol. The molecule has 8 heteroatoms. The average molecular weight is 435 g/mol. The van der Waals surface area contributed by atoms with E-state index in [0.29, 0.717) is 11.8 Å². The number of hydrogen-bond donors (Lipinski definition) is 0. The summed E-state index contributed by atoms with van der Waals surface area (Å²) in [6.07, 6.45) is 5.36. The SMILES string of the molecule is CCCc1noc([C@H](C)Sc2nnc(-c3cccnc3)n2-c2ccccc2C(C)C)n1. The Labute approximate surface area is 186 Å². The summed E-state index contributed by atoms with van der Waals surface area (Å²) in [5.41, 5.74) is 3.20. The molecule has 1 aromatic carbocycles. The van der Waals surface area contributed by atoms with Crippen LogP contribution in [0.25, 0.3) is 17.1 Å². The zero-order valence-corrected chi connectivity index (χ0v) is 19.0. The lowest BCUT2D eigenvalue weighted by Gasteiger charge is -2.17. The summed E-state index contributed by atoms with van der Waals surface area (Å²) in [7, 11) is 0. The molecule has 0 unspecified atom stereocenters. The third-order valence-corrected chi connectivity index (χ3v) is 5.97. The Kier molecular flexibility index (Phi) is 6.46. The summed E-state index contributed by atoms with van der Waals surface area (Å²) in [4.78, 5) is 8.81. The highest BCUT2D eigenvalue weighted by atomic mass is 32.2. The fourth-order valence-corrected chi connectivity index (χ4v) is 4.28. The predicted octanol–water partition coefficient (Wildman–Crippen LogP) is 5.64. The molecule has 0 saturated carbocycles. The van der Waals surface area contributed by atoms with E-state index in [2.05, 4.69) is 68.9 Å². The van der Waals surface area contributed by atoms with Gasteiger partial charge >= 0.3 is 0 Å². The highest BCUT2D eigenvalue weighted by Gasteiger charge is 2.23. The van der Waals surface area contributed by atoms with Crippen LogP contribution in [-0.4, -0.2) is 29.9 Å². The van der Waals surface area contributed by atoms with Gasteiger partial charge in [0, 0.05) is 24.4 Å². The molecule has 0 aliphatic rings. The molecule has 4 aromatic rings. The van der Waals surface area contributed by atoms with Crippen molar-refractivity contribution in [1.29, 1.82) is 0 Å². The molecule has 0 bridgehead atoms. The number of para-hydroxylation sites is 1. The van der Waals surface area contributed by atoms with Gasteiger partial charge in [0.15, 0.2) is 16.8 Å². The largest absolute Gasteiger partial charge is 0.338 e. The van der Waals surface area contributed by atoms with Crippen molar-refractivity contribution in [2.45, 2.75) is 56.9 Å². The average Bonchev–Trinajstić information content (AvgIpc) is 3.42. The summed E-state index contributed by atoms with van der Waals surface area (Å²) in [5.74, 6) is 2.45. The highest BCUT2D eigenvalue weighted by molar-refractivity contribution is 7.99. The lowest BCUT2D eigenvalue weighted by Crippen LogP contribution is -2.05. The maximum Gasteiger partial charge on any atom is 0.239 e. The van der Waals surface area contributed by atoms with Crippen LogP contribution in [0.3, 0.4) is 0 Å². The van der Waals surface area contributed by atoms with Crippen LogP contribution in [-0.2, 0) is 6.42 Å². The molecule has 4 rings (SSSR count). The number of rotatable bonds is 8. The van der Waals surface area contributed by atoms with Crippen LogP contribution in [0.15, 0.2) is 58.5 Å². The first kappa shape index (κ1) is 21.2. The number of benzene rings is 1. The van der Waals surface area contributed by atoms with Crippen LogP contribution in [0.4, 0.5) is 0 Å². The van der Waals surface area contributed by atoms with Gasteiger partial charge in [-0.2, -0.15) is 4.98 Å². The zero-order chi connectivity index (χ0) is 21.8. The topological polar surface area (TPSA) is 82.5 Å². The molecule has 0 saturated heterocycles. The molecule has 160 valence electrons. The Morgan fingerprint density at radius 3 is 2.65 bits per heavy atom. The second-order valence-electron chi connectivity index (χ2n) is 7.66. The minimum atomic E-state index is -0.0611. The van der Waals surface area contributed by atoms with E-state index in [4.69, 9.17) is 4.52 Å². The summed E-state index contributed by atoms with van der Waals surface area (Å²) in [6, 6.07) is 12.3. The van der Waals surface area contributed by atoms with E-state index in [1.807, 2.05) is 31.3 Å². The smallest absolute Gasteiger partial charge is 0.239 e. The van der Waals surface area contributed by atoms with Crippen LogP contribution in [0.5, 0.6) is 0 Å². The maximum absolute atomic E-state index is 5.50. The van der Waals surface area contributed by atoms with Crippen LogP contribution in [0.2, 0.25) is 0 Å². The molecule has 0 fully saturated rings. The van der Waals surface area contributed by atoms with Crippen LogP contribution >= 0.6 is 11.8 Å². The van der Waals surface area contributed by atoms with E-state index >= 15 is 0 Å². The van der Waals surface area contributed by atoms with E-state index < -0.39 is 0 Å². The van der Waals surface area contributed by atoms with Crippen LogP contribution < -0.4 is 0 Å². The molecule has 3 heterocycles. The minimum absolute atomic E-state index is 0.0611. The monoisotopic (exact) mass is 434 g/mol. The van der Waals surface area contributed by atoms with Gasteiger partial charge in [-0.25, -0.2) is 0 Å². The van der Waals surface area contributed by atoms with Gasteiger partial charge in [0.05, 0.1) is 10.9 Å². The fraction of sp³-hybridized carbons (Fsp3) is 0.348. The third kappa shape index (κ3) is 4.54. The molecule has 3 aromatic heterocycles. The summed E-state index contributed by atoms with van der Waals surface area (Å²) in [6.45, 7) is 8.53. The second kappa shape index (κ2) is 9.43. The van der Waals surface area contributed by atoms with Crippen LogP contribution in [0.1, 0.15) is 62.6 Å². The molecule has 0 amide bonds. The van der Waals surface area contributed by atoms with E-state index in [1.54, 1.807) is 18.0 Å². The normalized spacial score (nSPS) is 12.4. The Balaban J connectivity index is 1.77. The Hall–Kier alpha value is -3.00. The maximum atomic E-state index is 5.50. The quantitative estimate of drug-likeness (QED) is 0.332. The molecule has 0 aliphatic heterocycles. The third-order valence-electron chi connectivity index (χ3n) is 4.94. The van der Waals surface area contributed by atoms with Crippen molar-refractivity contribution in [3.05, 3.63) is 66.1 Å². The van der Waals surface area contributed by atoms with E-state index in [0.717, 1.165) is 40.9 Å². The summed E-state index contributed by atoms with van der Waals surface area (Å²) >= 11 is 1.56. The van der Waals surface area contributed by atoms with E-state index in [-0.39, 0.29) is 5.25 Å². The number of hydrogen-bond acceptors (Lipinski definition) is 7. The van der Waals surface area contributed by atoms with E-state index in [1.165, 1.54) is 5.56 Å². The molecule has 0 N–H and O–H groups in total. The fourth-order valence-electron chi connectivity index (χ4n) is 3.39. The van der Waals surface area contributed by atoms with E-state index in [9.17, 15) is 0 Å². The Morgan fingerprint density at radius 2 is 1.90 bits per heavy atom. The molecule has 0 spiro atoms. The second-order valence-corrected chi connectivity index (χ2v) is 8.96. The molecular weight excluding hydrogens is 408 g/mol. The zero-order valence-electron chi connectivity index (χ0n) is 18.2. The van der Waals surface area contributed by atoms with Gasteiger partial charge in [-0.15, -0.1) is 10.2 Å². The first-order valence-corrected chi connectivity index (χ1v) is 11.4. The minimum Gasteiger partial charge on any atom is -0.338 e. The first-order chi connectivity index (χ1) is 15.1. The van der Waals surface area contributed by atoms with Gasteiger partial charge in [-0.05, 0) is 43.0 Å². The van der Waals surface area contributed by atoms with Gasteiger partial charge in [0.25, 0.3) is 0 Å². The van der Waals surface area contributed by atoms with Gasteiger partial charge in [-0.3, -0.25) is 9.55 Å². The number of aryl methyl sites for hydroxylation is 1. The number of aromatic nitrogens is 6. The number of nitrogens with zero attached hydrogens (tertiary/aromatic N) is 6. The van der Waals surface area contributed by atoms with Gasteiger partial charge < -0.3 is 4.52 Å². The van der Waals surface area contributed by atoms with Crippen molar-refractivity contribution < 1.29 is 4.52 Å². The molecule has 7 nitrogen and oxygen atoms in total. The first-order valence-electron chi connectivity index (χ1n) is 10.5. The van der Waals surface area contributed by atoms with Gasteiger partial charge in [-0.1, -0.05) is 55.9 Å². The highest BCUT2D eigenvalue weighted by Crippen LogP contribution is 2.37. The van der Waals surface area contributed by atoms with Gasteiger partial charge in [0.2, 0.25) is 5.89 Å². The standard InChI is InChI=1S/C23H26N6OS/c1-5-9-20-25-22(30-28-20)16(4)31-23-27-26-21(17-10-8-13-24-14-17)29(23)19-12-7-6-11-18(19)15(2)3/h6-8,10-16H,5,9H2,1-4H3/t16-/m0/s1. The van der Waals surface area contributed by atoms with Crippen molar-refractivity contribution in [2.24, 2.45) is 0 Å². The Morgan fingerprint density at radius 1 is 1.06 bits per heavy atom. The molecular formula is C23H26N6OS. The molecule has 0 radical (unpaired) electrons.